The van der Waals surface area contributed by atoms with E-state index in [2.05, 4.69) is 11.4 Å². The highest BCUT2D eigenvalue weighted by Gasteiger charge is 2.52. The molecule has 29 heavy (non-hydrogen) atoms. The summed E-state index contributed by atoms with van der Waals surface area (Å²) in [6, 6.07) is 11.2. The Balaban J connectivity index is 2.22. The van der Waals surface area contributed by atoms with Crippen LogP contribution in [-0.4, -0.2) is 17.1 Å². The summed E-state index contributed by atoms with van der Waals surface area (Å²) in [5.74, 6) is -2.97. The number of carboxylic acid groups (broad SMARTS) is 1. The van der Waals surface area contributed by atoms with E-state index in [1.807, 2.05) is 0 Å². The molecule has 0 fully saturated rings. The molecule has 0 radical (unpaired) electrons. The van der Waals surface area contributed by atoms with Crippen LogP contribution in [0.25, 0.3) is 0 Å². The summed E-state index contributed by atoms with van der Waals surface area (Å²) < 4.78 is 27.2. The summed E-state index contributed by atoms with van der Waals surface area (Å²) in [5, 5.41) is 23.1. The molecule has 3 atom stereocenters. The van der Waals surface area contributed by atoms with Gasteiger partial charge in [-0.1, -0.05) is 29.8 Å². The molecule has 1 aliphatic rings. The van der Waals surface area contributed by atoms with Gasteiger partial charge < -0.3 is 10.4 Å². The smallest absolute Gasteiger partial charge is 0.312 e. The highest BCUT2D eigenvalue weighted by molar-refractivity contribution is 6.31. The highest BCUT2D eigenvalue weighted by Crippen LogP contribution is 2.49. The van der Waals surface area contributed by atoms with Crippen LogP contribution >= 0.6 is 11.6 Å². The van der Waals surface area contributed by atoms with E-state index in [0.29, 0.717) is 16.8 Å². The van der Waals surface area contributed by atoms with Crippen molar-refractivity contribution in [3.63, 3.8) is 0 Å². The van der Waals surface area contributed by atoms with Gasteiger partial charge in [0.1, 0.15) is 11.6 Å². The van der Waals surface area contributed by atoms with Crippen LogP contribution in [0.15, 0.2) is 53.7 Å². The number of hydrogen-bond donors (Lipinski definition) is 2. The quantitative estimate of drug-likeness (QED) is 0.750. The van der Waals surface area contributed by atoms with Crippen molar-refractivity contribution in [1.82, 2.24) is 5.32 Å². The van der Waals surface area contributed by atoms with Crippen molar-refractivity contribution in [1.29, 1.82) is 5.26 Å². The van der Waals surface area contributed by atoms with Gasteiger partial charge in [-0.05, 0) is 49.2 Å². The topological polar surface area (TPSA) is 73.1 Å². The summed E-state index contributed by atoms with van der Waals surface area (Å²) in [6.07, 6.45) is 0.218. The number of carboxylic acids is 1. The maximum atomic E-state index is 13.6. The molecule has 2 N–H and O–H groups in total. The van der Waals surface area contributed by atoms with Crippen LogP contribution in [0.2, 0.25) is 5.02 Å². The third kappa shape index (κ3) is 3.70. The molecule has 0 aliphatic carbocycles. The van der Waals surface area contributed by atoms with E-state index in [-0.39, 0.29) is 17.0 Å². The number of hydrogen-bond acceptors (Lipinski definition) is 3. The zero-order chi connectivity index (χ0) is 21.3. The van der Waals surface area contributed by atoms with Gasteiger partial charge in [0.05, 0.1) is 17.1 Å². The maximum Gasteiger partial charge on any atom is 0.312 e. The summed E-state index contributed by atoms with van der Waals surface area (Å²) in [6.45, 7) is 3.24. The van der Waals surface area contributed by atoms with Crippen LogP contribution in [0.5, 0.6) is 0 Å². The Morgan fingerprint density at radius 3 is 2.55 bits per heavy atom. The van der Waals surface area contributed by atoms with Crippen molar-refractivity contribution < 1.29 is 18.7 Å². The van der Waals surface area contributed by atoms with E-state index < -0.39 is 35.0 Å². The van der Waals surface area contributed by atoms with Gasteiger partial charge in [-0.15, -0.1) is 0 Å². The SMILES string of the molecule is CC1NC(Cc2cccc(F)c2)=C(C#N)C(c2ccc(F)cc2Cl)C1(C)C(=O)O. The normalized spacial score (nSPS) is 24.0. The first-order valence-electron chi connectivity index (χ1n) is 9.01. The minimum absolute atomic E-state index is 0.0504. The predicted octanol–water partition coefficient (Wildman–Crippen LogP) is 4.80. The lowest BCUT2D eigenvalue weighted by Crippen LogP contribution is -2.54. The van der Waals surface area contributed by atoms with Crippen molar-refractivity contribution >= 4 is 17.6 Å². The van der Waals surface area contributed by atoms with Gasteiger partial charge in [0.2, 0.25) is 0 Å². The number of rotatable bonds is 4. The summed E-state index contributed by atoms with van der Waals surface area (Å²) in [5.41, 5.74) is 0.258. The van der Waals surface area contributed by atoms with Crippen molar-refractivity contribution in [2.75, 3.05) is 0 Å². The molecule has 2 aromatic carbocycles. The summed E-state index contributed by atoms with van der Waals surface area (Å²) >= 11 is 6.26. The largest absolute Gasteiger partial charge is 0.481 e. The Kier molecular flexibility index (Phi) is 5.63. The molecular weight excluding hydrogens is 398 g/mol. The second kappa shape index (κ2) is 7.84. The van der Waals surface area contributed by atoms with Crippen LogP contribution < -0.4 is 5.32 Å². The Hall–Kier alpha value is -2.91. The van der Waals surface area contributed by atoms with Crippen LogP contribution in [0.3, 0.4) is 0 Å². The number of benzene rings is 2. The molecule has 4 nitrogen and oxygen atoms in total. The molecule has 0 aromatic heterocycles. The molecule has 3 unspecified atom stereocenters. The van der Waals surface area contributed by atoms with E-state index in [4.69, 9.17) is 11.6 Å². The Morgan fingerprint density at radius 1 is 1.28 bits per heavy atom. The molecule has 0 saturated carbocycles. The minimum atomic E-state index is -1.42. The number of aliphatic carboxylic acids is 1. The zero-order valence-electron chi connectivity index (χ0n) is 15.8. The van der Waals surface area contributed by atoms with E-state index >= 15 is 0 Å². The van der Waals surface area contributed by atoms with Gasteiger partial charge in [0.25, 0.3) is 0 Å². The van der Waals surface area contributed by atoms with E-state index in [1.54, 1.807) is 19.1 Å². The molecule has 150 valence electrons. The Labute approximate surface area is 172 Å². The molecule has 0 amide bonds. The molecule has 0 spiro atoms. The van der Waals surface area contributed by atoms with Crippen molar-refractivity contribution in [2.45, 2.75) is 32.2 Å². The first-order valence-corrected chi connectivity index (χ1v) is 9.38. The predicted molar refractivity (Wildman–Crippen MR) is 105 cm³/mol. The molecule has 3 rings (SSSR count). The number of halogens is 3. The number of nitriles is 1. The molecule has 2 aromatic rings. The lowest BCUT2D eigenvalue weighted by atomic mass is 9.63. The Morgan fingerprint density at radius 2 is 1.97 bits per heavy atom. The van der Waals surface area contributed by atoms with Crippen LogP contribution in [0.1, 0.15) is 30.9 Å². The van der Waals surface area contributed by atoms with Crippen LogP contribution in [-0.2, 0) is 11.2 Å². The zero-order valence-corrected chi connectivity index (χ0v) is 16.6. The molecule has 0 saturated heterocycles. The second-order valence-corrected chi connectivity index (χ2v) is 7.77. The van der Waals surface area contributed by atoms with Crippen molar-refractivity contribution in [3.8, 4) is 6.07 Å². The fourth-order valence-electron chi connectivity index (χ4n) is 3.87. The van der Waals surface area contributed by atoms with Crippen molar-refractivity contribution in [2.24, 2.45) is 5.41 Å². The first-order chi connectivity index (χ1) is 13.7. The lowest BCUT2D eigenvalue weighted by Gasteiger charge is -2.45. The fraction of sp³-hybridized carbons (Fsp3) is 0.273. The summed E-state index contributed by atoms with van der Waals surface area (Å²) in [7, 11) is 0. The van der Waals surface area contributed by atoms with Gasteiger partial charge in [0.15, 0.2) is 0 Å². The highest BCUT2D eigenvalue weighted by atomic mass is 35.5. The Bertz CT molecular complexity index is 1050. The lowest BCUT2D eigenvalue weighted by molar-refractivity contribution is -0.150. The number of nitrogens with one attached hydrogen (secondary N) is 1. The van der Waals surface area contributed by atoms with Gasteiger partial charge >= 0.3 is 5.97 Å². The first kappa shape index (κ1) is 20.8. The average Bonchev–Trinajstić information content (AvgIpc) is 2.65. The van der Waals surface area contributed by atoms with Gasteiger partial charge in [-0.2, -0.15) is 5.26 Å². The van der Waals surface area contributed by atoms with E-state index in [1.165, 1.54) is 31.2 Å². The maximum absolute atomic E-state index is 13.6. The monoisotopic (exact) mass is 416 g/mol. The van der Waals surface area contributed by atoms with Gasteiger partial charge in [-0.3, -0.25) is 4.79 Å². The molecule has 0 bridgehead atoms. The average molecular weight is 417 g/mol. The van der Waals surface area contributed by atoms with E-state index in [9.17, 15) is 23.9 Å². The molecule has 1 heterocycles. The number of carbonyl (C=O) groups is 1. The summed E-state index contributed by atoms with van der Waals surface area (Å²) in [4.78, 5) is 12.3. The fourth-order valence-corrected chi connectivity index (χ4v) is 4.14. The van der Waals surface area contributed by atoms with Gasteiger partial charge in [0, 0.05) is 29.1 Å². The number of nitrogens with zero attached hydrogens (tertiary/aromatic N) is 1. The third-order valence-corrected chi connectivity index (χ3v) is 5.96. The molecule has 7 heteroatoms. The number of allylic oxidation sites excluding steroid dienone is 2. The van der Waals surface area contributed by atoms with Crippen LogP contribution in [0.4, 0.5) is 8.78 Å². The second-order valence-electron chi connectivity index (χ2n) is 7.36. The van der Waals surface area contributed by atoms with Gasteiger partial charge in [-0.25, -0.2) is 8.78 Å². The molecule has 1 aliphatic heterocycles. The molecular formula is C22H19ClF2N2O2. The van der Waals surface area contributed by atoms with Crippen LogP contribution in [0, 0.1) is 28.4 Å². The minimum Gasteiger partial charge on any atom is -0.481 e. The van der Waals surface area contributed by atoms with Crippen molar-refractivity contribution in [3.05, 3.63) is 81.5 Å². The standard InChI is InChI=1S/C22H19ClF2N2O2/c1-12-22(2,21(28)29)20(16-7-6-15(25)10-18(16)23)17(11-26)19(27-12)9-13-4-3-5-14(24)8-13/h3-8,10,12,20,27H,9H2,1-2H3,(H,28,29). The third-order valence-electron chi connectivity index (χ3n) is 5.63. The van der Waals surface area contributed by atoms with E-state index in [0.717, 1.165) is 6.07 Å².